The molecule has 0 aromatic heterocycles. The largest absolute Gasteiger partial charge is 0.444 e. The van der Waals surface area contributed by atoms with E-state index in [-0.39, 0.29) is 17.9 Å². The third kappa shape index (κ3) is 4.84. The van der Waals surface area contributed by atoms with Gasteiger partial charge in [-0.05, 0) is 52.9 Å². The van der Waals surface area contributed by atoms with Gasteiger partial charge in [0.1, 0.15) is 17.7 Å². The minimum Gasteiger partial charge on any atom is -0.444 e. The van der Waals surface area contributed by atoms with E-state index in [0.717, 1.165) is 25.7 Å². The molecule has 2 N–H and O–H groups in total. The SMILES string of the molecule is CC(C)(C)OC(=O)NCCCCC1NC(=O)C2CCCN2C1=O. The van der Waals surface area contributed by atoms with E-state index in [0.29, 0.717) is 19.5 Å². The topological polar surface area (TPSA) is 87.7 Å². The molecule has 2 aliphatic rings. The Morgan fingerprint density at radius 1 is 1.35 bits per heavy atom. The van der Waals surface area contributed by atoms with E-state index in [4.69, 9.17) is 4.74 Å². The predicted molar refractivity (Wildman–Crippen MR) is 84.8 cm³/mol. The second-order valence-electron chi connectivity index (χ2n) is 7.18. The number of ether oxygens (including phenoxy) is 1. The maximum Gasteiger partial charge on any atom is 0.407 e. The fourth-order valence-corrected chi connectivity index (χ4v) is 3.01. The minimum atomic E-state index is -0.505. The molecule has 2 rings (SSSR count). The van der Waals surface area contributed by atoms with Crippen molar-refractivity contribution in [2.24, 2.45) is 0 Å². The van der Waals surface area contributed by atoms with Gasteiger partial charge < -0.3 is 20.3 Å². The number of carbonyl (C=O) groups excluding carboxylic acids is 3. The van der Waals surface area contributed by atoms with Crippen molar-refractivity contribution in [1.82, 2.24) is 15.5 Å². The first-order valence-corrected chi connectivity index (χ1v) is 8.35. The van der Waals surface area contributed by atoms with Gasteiger partial charge in [-0.1, -0.05) is 0 Å². The van der Waals surface area contributed by atoms with Crippen LogP contribution in [0.15, 0.2) is 0 Å². The van der Waals surface area contributed by atoms with Gasteiger partial charge in [-0.25, -0.2) is 4.79 Å². The molecule has 2 saturated heterocycles. The van der Waals surface area contributed by atoms with Crippen LogP contribution in [0.1, 0.15) is 52.9 Å². The van der Waals surface area contributed by atoms with Crippen molar-refractivity contribution >= 4 is 17.9 Å². The Labute approximate surface area is 137 Å². The highest BCUT2D eigenvalue weighted by Gasteiger charge is 2.42. The lowest BCUT2D eigenvalue weighted by molar-refractivity contribution is -0.147. The average Bonchev–Trinajstić information content (AvgIpc) is 2.91. The van der Waals surface area contributed by atoms with E-state index in [1.54, 1.807) is 4.90 Å². The summed E-state index contributed by atoms with van der Waals surface area (Å²) in [5.41, 5.74) is -0.505. The van der Waals surface area contributed by atoms with E-state index in [9.17, 15) is 14.4 Å². The first-order chi connectivity index (χ1) is 10.8. The molecule has 0 aromatic rings. The zero-order valence-corrected chi connectivity index (χ0v) is 14.2. The maximum atomic E-state index is 12.3. The van der Waals surface area contributed by atoms with Crippen LogP contribution in [0, 0.1) is 0 Å². The Balaban J connectivity index is 1.65. The maximum absolute atomic E-state index is 12.3. The summed E-state index contributed by atoms with van der Waals surface area (Å²) in [7, 11) is 0. The standard InChI is InChI=1S/C16H27N3O4/c1-16(2,3)23-15(22)17-9-5-4-7-11-14(21)19-10-6-8-12(19)13(20)18-11/h11-12H,4-10H2,1-3H3,(H,17,22)(H,18,20). The Bertz CT molecular complexity index is 472. The van der Waals surface area contributed by atoms with Crippen LogP contribution in [-0.4, -0.2) is 53.6 Å². The van der Waals surface area contributed by atoms with Crippen molar-refractivity contribution in [1.29, 1.82) is 0 Å². The number of nitrogens with one attached hydrogen (secondary N) is 2. The molecule has 3 amide bonds. The van der Waals surface area contributed by atoms with Gasteiger partial charge in [-0.15, -0.1) is 0 Å². The molecule has 2 aliphatic heterocycles. The minimum absolute atomic E-state index is 0.0287. The Morgan fingerprint density at radius 2 is 2.09 bits per heavy atom. The number of amides is 3. The number of piperazine rings is 1. The predicted octanol–water partition coefficient (Wildman–Crippen LogP) is 1.17. The zero-order valence-electron chi connectivity index (χ0n) is 14.2. The molecule has 0 bridgehead atoms. The molecule has 2 atom stereocenters. The third-order valence-electron chi connectivity index (χ3n) is 4.04. The van der Waals surface area contributed by atoms with Gasteiger partial charge in [0.15, 0.2) is 0 Å². The molecule has 2 heterocycles. The third-order valence-corrected chi connectivity index (χ3v) is 4.04. The van der Waals surface area contributed by atoms with Crippen LogP contribution in [0.3, 0.4) is 0 Å². The highest BCUT2D eigenvalue weighted by Crippen LogP contribution is 2.23. The van der Waals surface area contributed by atoms with Crippen LogP contribution in [0.4, 0.5) is 4.79 Å². The van der Waals surface area contributed by atoms with Crippen LogP contribution in [-0.2, 0) is 14.3 Å². The van der Waals surface area contributed by atoms with Crippen LogP contribution < -0.4 is 10.6 Å². The summed E-state index contributed by atoms with van der Waals surface area (Å²) in [4.78, 5) is 37.5. The highest BCUT2D eigenvalue weighted by molar-refractivity contribution is 5.97. The molecule has 0 radical (unpaired) electrons. The van der Waals surface area contributed by atoms with Crippen LogP contribution in [0.25, 0.3) is 0 Å². The average molecular weight is 325 g/mol. The molecular weight excluding hydrogens is 298 g/mol. The second kappa shape index (κ2) is 7.19. The van der Waals surface area contributed by atoms with Gasteiger partial charge in [0, 0.05) is 13.1 Å². The van der Waals surface area contributed by atoms with Gasteiger partial charge >= 0.3 is 6.09 Å². The zero-order chi connectivity index (χ0) is 17.0. The summed E-state index contributed by atoms with van der Waals surface area (Å²) in [5, 5.41) is 5.52. The van der Waals surface area contributed by atoms with Crippen molar-refractivity contribution in [3.63, 3.8) is 0 Å². The van der Waals surface area contributed by atoms with Gasteiger partial charge in [0.25, 0.3) is 0 Å². The number of rotatable bonds is 5. The van der Waals surface area contributed by atoms with E-state index < -0.39 is 17.7 Å². The lowest BCUT2D eigenvalue weighted by atomic mass is 10.0. The summed E-state index contributed by atoms with van der Waals surface area (Å²) in [6.45, 7) is 6.63. The molecule has 0 aliphatic carbocycles. The van der Waals surface area contributed by atoms with Crippen LogP contribution >= 0.6 is 0 Å². The highest BCUT2D eigenvalue weighted by atomic mass is 16.6. The number of nitrogens with zero attached hydrogens (tertiary/aromatic N) is 1. The molecule has 2 fully saturated rings. The summed E-state index contributed by atoms with van der Waals surface area (Å²) in [5.74, 6) is 0.00572. The molecule has 0 aromatic carbocycles. The molecule has 7 nitrogen and oxygen atoms in total. The van der Waals surface area contributed by atoms with E-state index in [2.05, 4.69) is 10.6 Å². The molecule has 7 heteroatoms. The van der Waals surface area contributed by atoms with Crippen molar-refractivity contribution in [2.75, 3.05) is 13.1 Å². The van der Waals surface area contributed by atoms with Gasteiger partial charge in [-0.3, -0.25) is 9.59 Å². The quantitative estimate of drug-likeness (QED) is 0.743. The number of carbonyl (C=O) groups is 3. The molecule has 0 saturated carbocycles. The molecule has 130 valence electrons. The van der Waals surface area contributed by atoms with Crippen molar-refractivity contribution in [3.05, 3.63) is 0 Å². The number of alkyl carbamates (subject to hydrolysis) is 1. The number of unbranched alkanes of at least 4 members (excludes halogenated alkanes) is 1. The van der Waals surface area contributed by atoms with E-state index in [1.165, 1.54) is 0 Å². The van der Waals surface area contributed by atoms with Crippen LogP contribution in [0.5, 0.6) is 0 Å². The van der Waals surface area contributed by atoms with Crippen LogP contribution in [0.2, 0.25) is 0 Å². The van der Waals surface area contributed by atoms with Crippen molar-refractivity contribution < 1.29 is 19.1 Å². The molecule has 2 unspecified atom stereocenters. The van der Waals surface area contributed by atoms with Gasteiger partial charge in [0.05, 0.1) is 0 Å². The summed E-state index contributed by atoms with van der Waals surface area (Å²) < 4.78 is 5.14. The number of hydrogen-bond acceptors (Lipinski definition) is 4. The normalized spacial score (nSPS) is 24.2. The van der Waals surface area contributed by atoms with E-state index in [1.807, 2.05) is 20.8 Å². The first-order valence-electron chi connectivity index (χ1n) is 8.35. The molecular formula is C16H27N3O4. The Morgan fingerprint density at radius 3 is 2.78 bits per heavy atom. The fourth-order valence-electron chi connectivity index (χ4n) is 3.01. The van der Waals surface area contributed by atoms with Crippen molar-refractivity contribution in [2.45, 2.75) is 70.6 Å². The molecule has 0 spiro atoms. The summed E-state index contributed by atoms with van der Waals surface area (Å²) >= 11 is 0. The lowest BCUT2D eigenvalue weighted by Gasteiger charge is -2.34. The monoisotopic (exact) mass is 325 g/mol. The first kappa shape index (κ1) is 17.6. The second-order valence-corrected chi connectivity index (χ2v) is 7.18. The summed E-state index contributed by atoms with van der Waals surface area (Å²) in [6.07, 6.45) is 3.33. The Hall–Kier alpha value is -1.79. The van der Waals surface area contributed by atoms with Gasteiger partial charge in [0.2, 0.25) is 11.8 Å². The molecule has 23 heavy (non-hydrogen) atoms. The van der Waals surface area contributed by atoms with Gasteiger partial charge in [-0.2, -0.15) is 0 Å². The number of hydrogen-bond donors (Lipinski definition) is 2. The summed E-state index contributed by atoms with van der Waals surface area (Å²) in [6, 6.07) is -0.675. The lowest BCUT2D eigenvalue weighted by Crippen LogP contribution is -2.61. The number of fused-ring (bicyclic) bond motifs is 1. The fraction of sp³-hybridized carbons (Fsp3) is 0.812. The smallest absolute Gasteiger partial charge is 0.407 e. The van der Waals surface area contributed by atoms with E-state index >= 15 is 0 Å². The van der Waals surface area contributed by atoms with Crippen molar-refractivity contribution in [3.8, 4) is 0 Å². The Kier molecular flexibility index (Phi) is 5.49.